The van der Waals surface area contributed by atoms with Crippen LogP contribution in [0.25, 0.3) is 6.08 Å². The van der Waals surface area contributed by atoms with Crippen LogP contribution in [0.5, 0.6) is 0 Å². The van der Waals surface area contributed by atoms with Crippen molar-refractivity contribution >= 4 is 12.0 Å². The Hall–Kier alpha value is -2.46. The highest BCUT2D eigenvalue weighted by molar-refractivity contribution is 5.91. The van der Waals surface area contributed by atoms with E-state index in [-0.39, 0.29) is 18.3 Å². The van der Waals surface area contributed by atoms with Gasteiger partial charge < -0.3 is 10.4 Å². The number of hydrogen-bond acceptors (Lipinski definition) is 2. The summed E-state index contributed by atoms with van der Waals surface area (Å²) in [5, 5.41) is 11.8. The first kappa shape index (κ1) is 14.9. The molecule has 0 fully saturated rings. The van der Waals surface area contributed by atoms with Crippen molar-refractivity contribution in [1.29, 1.82) is 0 Å². The van der Waals surface area contributed by atoms with E-state index in [1.165, 1.54) is 18.2 Å². The van der Waals surface area contributed by atoms with E-state index in [2.05, 4.69) is 5.32 Å². The van der Waals surface area contributed by atoms with Crippen LogP contribution in [0.2, 0.25) is 0 Å². The highest BCUT2D eigenvalue weighted by Crippen LogP contribution is 2.06. The number of benzene rings is 2. The second-order valence-corrected chi connectivity index (χ2v) is 4.58. The van der Waals surface area contributed by atoms with E-state index in [1.807, 2.05) is 24.3 Å². The summed E-state index contributed by atoms with van der Waals surface area (Å²) in [5.41, 5.74) is 2.49. The normalized spacial score (nSPS) is 10.8. The van der Waals surface area contributed by atoms with Gasteiger partial charge >= 0.3 is 0 Å². The lowest BCUT2D eigenvalue weighted by atomic mass is 10.1. The first-order valence-corrected chi connectivity index (χ1v) is 6.57. The number of aliphatic hydroxyl groups excluding tert-OH is 1. The van der Waals surface area contributed by atoms with Crippen molar-refractivity contribution < 1.29 is 14.3 Å². The van der Waals surface area contributed by atoms with Crippen LogP contribution in [-0.4, -0.2) is 11.0 Å². The van der Waals surface area contributed by atoms with Crippen molar-refractivity contribution in [3.63, 3.8) is 0 Å². The van der Waals surface area contributed by atoms with Gasteiger partial charge in [0, 0.05) is 12.6 Å². The molecule has 0 heterocycles. The van der Waals surface area contributed by atoms with Gasteiger partial charge in [-0.1, -0.05) is 36.4 Å². The van der Waals surface area contributed by atoms with Gasteiger partial charge in [-0.05, 0) is 34.9 Å². The van der Waals surface area contributed by atoms with Crippen LogP contribution in [0.4, 0.5) is 4.39 Å². The number of rotatable bonds is 5. The molecular formula is C17H16FNO2. The van der Waals surface area contributed by atoms with E-state index in [0.29, 0.717) is 6.54 Å². The summed E-state index contributed by atoms with van der Waals surface area (Å²) in [5.74, 6) is -0.533. The number of nitrogens with one attached hydrogen (secondary N) is 1. The fourth-order valence-electron chi connectivity index (χ4n) is 1.83. The van der Waals surface area contributed by atoms with Gasteiger partial charge in [-0.2, -0.15) is 0 Å². The molecule has 0 unspecified atom stereocenters. The van der Waals surface area contributed by atoms with Crippen LogP contribution < -0.4 is 5.32 Å². The van der Waals surface area contributed by atoms with E-state index in [9.17, 15) is 9.18 Å². The minimum Gasteiger partial charge on any atom is -0.392 e. The van der Waals surface area contributed by atoms with Gasteiger partial charge in [-0.25, -0.2) is 4.39 Å². The van der Waals surface area contributed by atoms with E-state index in [1.54, 1.807) is 18.2 Å². The maximum Gasteiger partial charge on any atom is 0.244 e. The third kappa shape index (κ3) is 4.85. The summed E-state index contributed by atoms with van der Waals surface area (Å²) in [6.07, 6.45) is 3.03. The van der Waals surface area contributed by atoms with Gasteiger partial charge in [0.2, 0.25) is 5.91 Å². The second-order valence-electron chi connectivity index (χ2n) is 4.58. The summed E-state index contributed by atoms with van der Waals surface area (Å²) in [4.78, 5) is 11.7. The van der Waals surface area contributed by atoms with Crippen LogP contribution >= 0.6 is 0 Å². The lowest BCUT2D eigenvalue weighted by Crippen LogP contribution is -2.20. The molecule has 0 aliphatic carbocycles. The second kappa shape index (κ2) is 7.36. The SMILES string of the molecule is O=C(C=Cc1ccc(F)cc1)NCc1cccc(CO)c1. The molecule has 4 heteroatoms. The maximum atomic E-state index is 12.7. The molecule has 0 saturated carbocycles. The monoisotopic (exact) mass is 285 g/mol. The van der Waals surface area contributed by atoms with Crippen LogP contribution in [0, 0.1) is 5.82 Å². The molecule has 0 aliphatic heterocycles. The quantitative estimate of drug-likeness (QED) is 0.830. The standard InChI is InChI=1S/C17H16FNO2/c18-16-7-4-13(5-8-16)6-9-17(21)19-11-14-2-1-3-15(10-14)12-20/h1-10,20H,11-12H2,(H,19,21). The zero-order valence-corrected chi connectivity index (χ0v) is 11.4. The molecule has 0 bridgehead atoms. The Bertz CT molecular complexity index is 635. The Morgan fingerprint density at radius 1 is 1.14 bits per heavy atom. The van der Waals surface area contributed by atoms with Crippen molar-refractivity contribution in [3.8, 4) is 0 Å². The molecule has 0 aliphatic rings. The highest BCUT2D eigenvalue weighted by atomic mass is 19.1. The van der Waals surface area contributed by atoms with Crippen LogP contribution in [0.3, 0.4) is 0 Å². The van der Waals surface area contributed by atoms with Crippen LogP contribution in [0.15, 0.2) is 54.6 Å². The van der Waals surface area contributed by atoms with Gasteiger partial charge in [0.05, 0.1) is 6.61 Å². The molecule has 0 atom stereocenters. The molecule has 2 rings (SSSR count). The topological polar surface area (TPSA) is 49.3 Å². The van der Waals surface area contributed by atoms with Gasteiger partial charge in [-0.15, -0.1) is 0 Å². The Kier molecular flexibility index (Phi) is 5.23. The minimum absolute atomic E-state index is 0.0216. The molecule has 2 aromatic carbocycles. The average Bonchev–Trinajstić information content (AvgIpc) is 2.52. The van der Waals surface area contributed by atoms with Gasteiger partial charge in [0.1, 0.15) is 5.82 Å². The summed E-state index contributed by atoms with van der Waals surface area (Å²) in [6, 6.07) is 13.3. The molecule has 2 aromatic rings. The lowest BCUT2D eigenvalue weighted by molar-refractivity contribution is -0.116. The summed E-state index contributed by atoms with van der Waals surface area (Å²) in [7, 11) is 0. The predicted octanol–water partition coefficient (Wildman–Crippen LogP) is 2.65. The molecule has 2 N–H and O–H groups in total. The number of carbonyl (C=O) groups is 1. The van der Waals surface area contributed by atoms with Crippen molar-refractivity contribution in [2.24, 2.45) is 0 Å². The van der Waals surface area contributed by atoms with E-state index >= 15 is 0 Å². The smallest absolute Gasteiger partial charge is 0.244 e. The van der Waals surface area contributed by atoms with Gasteiger partial charge in [0.15, 0.2) is 0 Å². The fraction of sp³-hybridized carbons (Fsp3) is 0.118. The maximum absolute atomic E-state index is 12.7. The number of hydrogen-bond donors (Lipinski definition) is 2. The Labute approximate surface area is 122 Å². The van der Waals surface area contributed by atoms with E-state index in [0.717, 1.165) is 16.7 Å². The van der Waals surface area contributed by atoms with Gasteiger partial charge in [-0.3, -0.25) is 4.79 Å². The number of carbonyl (C=O) groups excluding carboxylic acids is 1. The molecule has 3 nitrogen and oxygen atoms in total. The van der Waals surface area contributed by atoms with Crippen molar-refractivity contribution in [2.45, 2.75) is 13.2 Å². The Morgan fingerprint density at radius 2 is 1.86 bits per heavy atom. The third-order valence-electron chi connectivity index (χ3n) is 2.94. The molecule has 108 valence electrons. The van der Waals surface area contributed by atoms with E-state index < -0.39 is 0 Å². The molecular weight excluding hydrogens is 269 g/mol. The number of amides is 1. The summed E-state index contributed by atoms with van der Waals surface area (Å²) < 4.78 is 12.7. The molecule has 0 saturated heterocycles. The Morgan fingerprint density at radius 3 is 2.57 bits per heavy atom. The van der Waals surface area contributed by atoms with Crippen molar-refractivity contribution in [2.75, 3.05) is 0 Å². The lowest BCUT2D eigenvalue weighted by Gasteiger charge is -2.04. The van der Waals surface area contributed by atoms with E-state index in [4.69, 9.17) is 5.11 Å². The zero-order chi connectivity index (χ0) is 15.1. The first-order valence-electron chi connectivity index (χ1n) is 6.57. The third-order valence-corrected chi connectivity index (χ3v) is 2.94. The molecule has 0 aromatic heterocycles. The van der Waals surface area contributed by atoms with Gasteiger partial charge in [0.25, 0.3) is 0 Å². The van der Waals surface area contributed by atoms with Crippen LogP contribution in [0.1, 0.15) is 16.7 Å². The number of aliphatic hydroxyl groups is 1. The molecule has 1 amide bonds. The predicted molar refractivity (Wildman–Crippen MR) is 79.6 cm³/mol. The number of halogens is 1. The molecule has 0 radical (unpaired) electrons. The van der Waals surface area contributed by atoms with Crippen molar-refractivity contribution in [1.82, 2.24) is 5.32 Å². The minimum atomic E-state index is -0.305. The van der Waals surface area contributed by atoms with Crippen LogP contribution in [-0.2, 0) is 17.9 Å². The summed E-state index contributed by atoms with van der Waals surface area (Å²) >= 11 is 0. The molecule has 21 heavy (non-hydrogen) atoms. The fourth-order valence-corrected chi connectivity index (χ4v) is 1.83. The zero-order valence-electron chi connectivity index (χ0n) is 11.4. The largest absolute Gasteiger partial charge is 0.392 e. The first-order chi connectivity index (χ1) is 10.2. The highest BCUT2D eigenvalue weighted by Gasteiger charge is 1.98. The van der Waals surface area contributed by atoms with Crippen molar-refractivity contribution in [3.05, 3.63) is 77.1 Å². The average molecular weight is 285 g/mol. The summed E-state index contributed by atoms with van der Waals surface area (Å²) in [6.45, 7) is 0.368. The Balaban J connectivity index is 1.88. The molecule has 0 spiro atoms.